The number of esters is 1. The number of quaternary nitrogens is 1. The Hall–Kier alpha value is -1.77. The van der Waals surface area contributed by atoms with Crippen LogP contribution in [0.1, 0.15) is 310 Å². The number of carbonyl (C=O) groups excluding carboxylic acids is 2. The second-order valence-electron chi connectivity index (χ2n) is 22.9. The summed E-state index contributed by atoms with van der Waals surface area (Å²) in [5, 5.41) is 3.05. The standard InChI is InChI=1S/C64H123N2O7P/c1-7-10-13-16-19-22-25-27-29-30-31-32-33-34-35-36-37-39-42-45-48-51-54-57-64(68)73-62(55-52-49-46-43-40-24-21-18-15-12-9-3)61(60-72-74(69,70)71-59-58-66(4,5)6)65-63(67)56-53-50-47-44-41-38-28-26-23-20-17-14-11-8-2/h11,14,20,23,52,55,61-62H,7-10,12-13,15-19,21-22,24-51,53-54,56-60H2,1-6H3,(H-,65,67,69,70)/p+1/b14-11+,23-20+,55-52-. The monoisotopic (exact) mass is 1060 g/mol. The first-order valence-electron chi connectivity index (χ1n) is 31.8. The van der Waals surface area contributed by atoms with Gasteiger partial charge < -0.3 is 19.4 Å². The summed E-state index contributed by atoms with van der Waals surface area (Å²) < 4.78 is 30.7. The summed E-state index contributed by atoms with van der Waals surface area (Å²) >= 11 is 0. The molecule has 0 aromatic heterocycles. The summed E-state index contributed by atoms with van der Waals surface area (Å²) in [6, 6.07) is -0.848. The lowest BCUT2D eigenvalue weighted by Crippen LogP contribution is -2.47. The average Bonchev–Trinajstić information content (AvgIpc) is 3.36. The third kappa shape index (κ3) is 55.0. The van der Waals surface area contributed by atoms with Crippen LogP contribution in [0.25, 0.3) is 0 Å². The maximum atomic E-state index is 13.5. The minimum Gasteiger partial charge on any atom is -0.456 e. The van der Waals surface area contributed by atoms with Gasteiger partial charge in [-0.15, -0.1) is 0 Å². The molecule has 0 aliphatic heterocycles. The normalized spacial score (nSPS) is 13.9. The van der Waals surface area contributed by atoms with E-state index in [1.54, 1.807) is 0 Å². The highest BCUT2D eigenvalue weighted by molar-refractivity contribution is 7.47. The number of rotatable bonds is 58. The molecule has 10 heteroatoms. The Kier molecular flexibility index (Phi) is 53.3. The van der Waals surface area contributed by atoms with E-state index in [-0.39, 0.29) is 25.1 Å². The number of allylic oxidation sites excluding steroid dienone is 5. The molecule has 0 spiro atoms. The largest absolute Gasteiger partial charge is 0.472 e. The van der Waals surface area contributed by atoms with E-state index in [2.05, 4.69) is 50.4 Å². The number of phosphoric ester groups is 1. The van der Waals surface area contributed by atoms with E-state index in [1.165, 1.54) is 193 Å². The van der Waals surface area contributed by atoms with Crippen LogP contribution in [0.4, 0.5) is 0 Å². The van der Waals surface area contributed by atoms with E-state index in [0.29, 0.717) is 23.9 Å². The summed E-state index contributed by atoms with van der Waals surface area (Å²) in [5.41, 5.74) is 0. The minimum absolute atomic E-state index is 0.0406. The van der Waals surface area contributed by atoms with Crippen molar-refractivity contribution >= 4 is 19.7 Å². The van der Waals surface area contributed by atoms with Gasteiger partial charge in [-0.2, -0.15) is 0 Å². The highest BCUT2D eigenvalue weighted by atomic mass is 31.2. The quantitative estimate of drug-likeness (QED) is 0.0205. The van der Waals surface area contributed by atoms with Crippen molar-refractivity contribution in [3.63, 3.8) is 0 Å². The van der Waals surface area contributed by atoms with Crippen molar-refractivity contribution < 1.29 is 37.3 Å². The molecule has 0 rings (SSSR count). The molecule has 0 aromatic carbocycles. The van der Waals surface area contributed by atoms with Crippen LogP contribution in [0, 0.1) is 0 Å². The molecular formula is C64H124N2O7P+. The van der Waals surface area contributed by atoms with Gasteiger partial charge in [0, 0.05) is 12.8 Å². The van der Waals surface area contributed by atoms with Crippen molar-refractivity contribution in [2.45, 2.75) is 322 Å². The fraction of sp³-hybridized carbons (Fsp3) is 0.875. The first kappa shape index (κ1) is 72.2. The molecule has 0 radical (unpaired) electrons. The second kappa shape index (κ2) is 54.6. The van der Waals surface area contributed by atoms with Crippen molar-refractivity contribution in [1.82, 2.24) is 5.32 Å². The Morgan fingerprint density at radius 1 is 0.486 bits per heavy atom. The number of phosphoric acid groups is 1. The molecule has 0 bridgehead atoms. The fourth-order valence-corrected chi connectivity index (χ4v) is 10.2. The van der Waals surface area contributed by atoms with E-state index in [0.717, 1.165) is 83.5 Å². The predicted molar refractivity (Wildman–Crippen MR) is 319 cm³/mol. The average molecular weight is 1060 g/mol. The Bertz CT molecular complexity index is 1360. The van der Waals surface area contributed by atoms with Gasteiger partial charge in [0.05, 0.1) is 33.8 Å². The topological polar surface area (TPSA) is 111 Å². The zero-order chi connectivity index (χ0) is 54.3. The van der Waals surface area contributed by atoms with Gasteiger partial charge in [-0.3, -0.25) is 18.6 Å². The SMILES string of the molecule is CC/C=C/C/C=C/CCCCCCCCCC(=O)NC(COP(=O)(O)OCC[N+](C)(C)C)C(/C=C\CCCCCCCCCCC)OC(=O)CCCCCCCCCCCCCCCCCCCCCCCCC. The van der Waals surface area contributed by atoms with Gasteiger partial charge >= 0.3 is 13.8 Å². The predicted octanol–water partition coefficient (Wildman–Crippen LogP) is 19.5. The molecule has 0 fully saturated rings. The van der Waals surface area contributed by atoms with Crippen LogP contribution < -0.4 is 5.32 Å². The van der Waals surface area contributed by atoms with Crippen LogP contribution >= 0.6 is 7.82 Å². The smallest absolute Gasteiger partial charge is 0.456 e. The van der Waals surface area contributed by atoms with E-state index < -0.39 is 20.0 Å². The van der Waals surface area contributed by atoms with Gasteiger partial charge in [0.25, 0.3) is 0 Å². The summed E-state index contributed by atoms with van der Waals surface area (Å²) in [6.07, 6.45) is 65.8. The third-order valence-electron chi connectivity index (χ3n) is 14.3. The van der Waals surface area contributed by atoms with E-state index in [1.807, 2.05) is 33.3 Å². The van der Waals surface area contributed by atoms with Gasteiger partial charge in [0.15, 0.2) is 0 Å². The van der Waals surface area contributed by atoms with Crippen molar-refractivity contribution in [1.29, 1.82) is 0 Å². The van der Waals surface area contributed by atoms with Crippen molar-refractivity contribution in [3.05, 3.63) is 36.5 Å². The number of likely N-dealkylation sites (N-methyl/N-ethyl adjacent to an activating group) is 1. The van der Waals surface area contributed by atoms with Crippen molar-refractivity contribution in [2.75, 3.05) is 40.9 Å². The Labute approximate surface area is 459 Å². The number of hydrogen-bond acceptors (Lipinski definition) is 6. The van der Waals surface area contributed by atoms with E-state index >= 15 is 0 Å². The molecule has 0 saturated heterocycles. The Morgan fingerprint density at radius 2 is 0.865 bits per heavy atom. The second-order valence-corrected chi connectivity index (χ2v) is 24.4. The highest BCUT2D eigenvalue weighted by Crippen LogP contribution is 2.43. The molecule has 9 nitrogen and oxygen atoms in total. The fourth-order valence-electron chi connectivity index (χ4n) is 9.45. The summed E-state index contributed by atoms with van der Waals surface area (Å²) in [6.45, 7) is 6.93. The lowest BCUT2D eigenvalue weighted by Gasteiger charge is -2.27. The van der Waals surface area contributed by atoms with Gasteiger partial charge in [0.2, 0.25) is 5.91 Å². The molecular weight excluding hydrogens is 940 g/mol. The zero-order valence-corrected chi connectivity index (χ0v) is 50.7. The molecule has 436 valence electrons. The van der Waals surface area contributed by atoms with Gasteiger partial charge in [-0.25, -0.2) is 4.57 Å². The number of nitrogens with one attached hydrogen (secondary N) is 1. The molecule has 3 unspecified atom stereocenters. The molecule has 0 aromatic rings. The van der Waals surface area contributed by atoms with Gasteiger partial charge in [-0.1, -0.05) is 276 Å². The Balaban J connectivity index is 5.07. The molecule has 0 heterocycles. The molecule has 1 amide bonds. The van der Waals surface area contributed by atoms with Crippen molar-refractivity contribution in [2.24, 2.45) is 0 Å². The number of nitrogens with zero attached hydrogens (tertiary/aromatic N) is 1. The lowest BCUT2D eigenvalue weighted by molar-refractivity contribution is -0.870. The maximum absolute atomic E-state index is 13.5. The summed E-state index contributed by atoms with van der Waals surface area (Å²) in [4.78, 5) is 37.7. The minimum atomic E-state index is -4.44. The third-order valence-corrected chi connectivity index (χ3v) is 15.3. The van der Waals surface area contributed by atoms with Crippen LogP contribution in [-0.2, 0) is 27.9 Å². The molecule has 3 atom stereocenters. The van der Waals surface area contributed by atoms with Gasteiger partial charge in [-0.05, 0) is 57.4 Å². The molecule has 2 N–H and O–H groups in total. The van der Waals surface area contributed by atoms with Crippen molar-refractivity contribution in [3.8, 4) is 0 Å². The van der Waals surface area contributed by atoms with Crippen LogP contribution in [-0.4, -0.2) is 74.3 Å². The van der Waals surface area contributed by atoms with Crippen LogP contribution in [0.15, 0.2) is 36.5 Å². The maximum Gasteiger partial charge on any atom is 0.472 e. The highest BCUT2D eigenvalue weighted by Gasteiger charge is 2.30. The first-order valence-corrected chi connectivity index (χ1v) is 33.3. The summed E-state index contributed by atoms with van der Waals surface area (Å²) in [7, 11) is 1.50. The number of amides is 1. The Morgan fingerprint density at radius 3 is 1.28 bits per heavy atom. The van der Waals surface area contributed by atoms with Gasteiger partial charge in [0.1, 0.15) is 19.3 Å². The number of unbranched alkanes of at least 4 members (excludes halogenated alkanes) is 38. The molecule has 74 heavy (non-hydrogen) atoms. The molecule has 0 aliphatic rings. The number of carbonyl (C=O) groups is 2. The van der Waals surface area contributed by atoms with Crippen LogP contribution in [0.2, 0.25) is 0 Å². The number of hydrogen-bond donors (Lipinski definition) is 2. The van der Waals surface area contributed by atoms with Crippen LogP contribution in [0.3, 0.4) is 0 Å². The molecule has 0 aliphatic carbocycles. The number of ether oxygens (including phenoxy) is 1. The molecule has 0 saturated carbocycles. The van der Waals surface area contributed by atoms with E-state index in [9.17, 15) is 19.0 Å². The lowest BCUT2D eigenvalue weighted by atomic mass is 10.0. The first-order chi connectivity index (χ1) is 35.9. The van der Waals surface area contributed by atoms with E-state index in [4.69, 9.17) is 13.8 Å². The zero-order valence-electron chi connectivity index (χ0n) is 49.9. The summed E-state index contributed by atoms with van der Waals surface area (Å²) in [5.74, 6) is -0.502. The van der Waals surface area contributed by atoms with Crippen LogP contribution in [0.5, 0.6) is 0 Å².